The summed E-state index contributed by atoms with van der Waals surface area (Å²) in [6, 6.07) is 9.31. The molecular formula is C15H10Cl4N2. The van der Waals surface area contributed by atoms with Crippen molar-refractivity contribution in [3.63, 3.8) is 0 Å². The molecule has 0 fully saturated rings. The number of imidazole rings is 1. The number of aryl methyl sites for hydroxylation is 1. The van der Waals surface area contributed by atoms with Crippen LogP contribution < -0.4 is 0 Å². The van der Waals surface area contributed by atoms with E-state index in [2.05, 4.69) is 4.98 Å². The van der Waals surface area contributed by atoms with Crippen LogP contribution in [0.2, 0.25) is 15.1 Å². The Labute approximate surface area is 142 Å². The van der Waals surface area contributed by atoms with E-state index in [1.807, 2.05) is 29.7 Å². The summed E-state index contributed by atoms with van der Waals surface area (Å²) in [6.45, 7) is 2.01. The molecule has 0 unspecified atom stereocenters. The minimum absolute atomic E-state index is 0.269. The zero-order chi connectivity index (χ0) is 15.1. The third-order valence-corrected chi connectivity index (χ3v) is 4.57. The predicted molar refractivity (Wildman–Crippen MR) is 90.4 cm³/mol. The van der Waals surface area contributed by atoms with E-state index in [0.29, 0.717) is 20.9 Å². The average Bonchev–Trinajstić information content (AvgIpc) is 2.83. The van der Waals surface area contributed by atoms with Crippen LogP contribution in [0.1, 0.15) is 11.4 Å². The second kappa shape index (κ2) is 5.69. The maximum atomic E-state index is 6.33. The number of benzene rings is 2. The van der Waals surface area contributed by atoms with Crippen LogP contribution >= 0.6 is 46.4 Å². The maximum Gasteiger partial charge on any atom is 0.129 e. The van der Waals surface area contributed by atoms with Crippen molar-refractivity contribution in [3.05, 3.63) is 56.8 Å². The normalized spacial score (nSPS) is 11.3. The molecule has 0 amide bonds. The number of alkyl halides is 1. The summed E-state index contributed by atoms with van der Waals surface area (Å²) < 4.78 is 1.92. The van der Waals surface area contributed by atoms with Crippen molar-refractivity contribution in [2.75, 3.05) is 0 Å². The molecule has 2 nitrogen and oxygen atoms in total. The Hall–Kier alpha value is -0.930. The van der Waals surface area contributed by atoms with Gasteiger partial charge in [0.2, 0.25) is 0 Å². The van der Waals surface area contributed by atoms with E-state index in [-0.39, 0.29) is 5.88 Å². The van der Waals surface area contributed by atoms with E-state index < -0.39 is 0 Å². The molecule has 2 aromatic carbocycles. The summed E-state index contributed by atoms with van der Waals surface area (Å²) in [4.78, 5) is 4.60. The zero-order valence-corrected chi connectivity index (χ0v) is 14.0. The van der Waals surface area contributed by atoms with Crippen molar-refractivity contribution in [2.24, 2.45) is 0 Å². The highest BCUT2D eigenvalue weighted by molar-refractivity contribution is 6.43. The fourth-order valence-corrected chi connectivity index (χ4v) is 3.13. The molecular weight excluding hydrogens is 350 g/mol. The standard InChI is InChI=1S/C15H10Cl4N2/c1-8-3-2-4-12-15(8)20-14(7-16)21(12)13-6-10(18)9(17)5-11(13)19/h2-6H,7H2,1H3. The molecule has 108 valence electrons. The van der Waals surface area contributed by atoms with Gasteiger partial charge in [0, 0.05) is 0 Å². The summed E-state index contributed by atoms with van der Waals surface area (Å²) >= 11 is 24.5. The van der Waals surface area contributed by atoms with E-state index in [1.54, 1.807) is 12.1 Å². The van der Waals surface area contributed by atoms with Crippen LogP contribution in [0.5, 0.6) is 0 Å². The zero-order valence-electron chi connectivity index (χ0n) is 11.0. The average molecular weight is 360 g/mol. The number of fused-ring (bicyclic) bond motifs is 1. The number of para-hydroxylation sites is 1. The first-order valence-corrected chi connectivity index (χ1v) is 7.87. The largest absolute Gasteiger partial charge is 0.294 e. The summed E-state index contributed by atoms with van der Waals surface area (Å²) in [5, 5.41) is 1.35. The lowest BCUT2D eigenvalue weighted by atomic mass is 10.2. The molecule has 0 radical (unpaired) electrons. The molecule has 0 aliphatic carbocycles. The molecule has 21 heavy (non-hydrogen) atoms. The summed E-state index contributed by atoms with van der Waals surface area (Å²) in [5.74, 6) is 0.978. The second-order valence-electron chi connectivity index (χ2n) is 4.66. The van der Waals surface area contributed by atoms with Gasteiger partial charge in [0.1, 0.15) is 5.82 Å². The molecule has 0 N–H and O–H groups in total. The Morgan fingerprint density at radius 1 is 1.05 bits per heavy atom. The van der Waals surface area contributed by atoms with Gasteiger partial charge >= 0.3 is 0 Å². The topological polar surface area (TPSA) is 17.8 Å². The summed E-state index contributed by atoms with van der Waals surface area (Å²) in [5.41, 5.74) is 3.63. The second-order valence-corrected chi connectivity index (χ2v) is 6.15. The molecule has 0 saturated heterocycles. The molecule has 0 saturated carbocycles. The Kier molecular flexibility index (Phi) is 4.06. The van der Waals surface area contributed by atoms with E-state index in [9.17, 15) is 0 Å². The Balaban J connectivity index is 2.39. The first-order valence-electron chi connectivity index (χ1n) is 6.20. The van der Waals surface area contributed by atoms with Crippen molar-refractivity contribution in [1.82, 2.24) is 9.55 Å². The number of halogens is 4. The SMILES string of the molecule is Cc1cccc2c1nc(CCl)n2-c1cc(Cl)c(Cl)cc1Cl. The van der Waals surface area contributed by atoms with Crippen LogP contribution in [0, 0.1) is 6.92 Å². The molecule has 6 heteroatoms. The van der Waals surface area contributed by atoms with Gasteiger partial charge in [-0.05, 0) is 30.7 Å². The van der Waals surface area contributed by atoms with Crippen molar-refractivity contribution >= 4 is 57.4 Å². The number of hydrogen-bond acceptors (Lipinski definition) is 1. The van der Waals surface area contributed by atoms with Gasteiger partial charge in [-0.15, -0.1) is 11.6 Å². The van der Waals surface area contributed by atoms with Gasteiger partial charge in [-0.3, -0.25) is 4.57 Å². The van der Waals surface area contributed by atoms with Gasteiger partial charge in [0.25, 0.3) is 0 Å². The van der Waals surface area contributed by atoms with Gasteiger partial charge in [-0.1, -0.05) is 46.9 Å². The van der Waals surface area contributed by atoms with Gasteiger partial charge in [-0.2, -0.15) is 0 Å². The molecule has 3 rings (SSSR count). The smallest absolute Gasteiger partial charge is 0.129 e. The van der Waals surface area contributed by atoms with Gasteiger partial charge in [-0.25, -0.2) is 4.98 Å². The van der Waals surface area contributed by atoms with Crippen molar-refractivity contribution in [2.45, 2.75) is 12.8 Å². The number of rotatable bonds is 2. The lowest BCUT2D eigenvalue weighted by Gasteiger charge is -2.11. The third kappa shape index (κ3) is 2.51. The van der Waals surface area contributed by atoms with Gasteiger partial charge < -0.3 is 0 Å². The van der Waals surface area contributed by atoms with E-state index in [4.69, 9.17) is 46.4 Å². The minimum atomic E-state index is 0.269. The highest BCUT2D eigenvalue weighted by Crippen LogP contribution is 2.34. The van der Waals surface area contributed by atoms with Gasteiger partial charge in [0.15, 0.2) is 0 Å². The predicted octanol–water partition coefficient (Wildman–Crippen LogP) is 6.03. The Morgan fingerprint density at radius 2 is 1.76 bits per heavy atom. The molecule has 1 heterocycles. The summed E-state index contributed by atoms with van der Waals surface area (Å²) in [7, 11) is 0. The van der Waals surface area contributed by atoms with Crippen LogP contribution in [0.4, 0.5) is 0 Å². The van der Waals surface area contributed by atoms with Crippen LogP contribution in [-0.4, -0.2) is 9.55 Å². The fraction of sp³-hybridized carbons (Fsp3) is 0.133. The molecule has 0 bridgehead atoms. The Bertz CT molecular complexity index is 839. The highest BCUT2D eigenvalue weighted by atomic mass is 35.5. The van der Waals surface area contributed by atoms with E-state index in [1.165, 1.54) is 0 Å². The molecule has 3 aromatic rings. The third-order valence-electron chi connectivity index (χ3n) is 3.31. The van der Waals surface area contributed by atoms with Crippen molar-refractivity contribution < 1.29 is 0 Å². The number of nitrogens with zero attached hydrogens (tertiary/aromatic N) is 2. The van der Waals surface area contributed by atoms with Gasteiger partial charge in [0.05, 0.1) is 37.7 Å². The fourth-order valence-electron chi connectivity index (χ4n) is 2.33. The minimum Gasteiger partial charge on any atom is -0.294 e. The number of hydrogen-bond donors (Lipinski definition) is 0. The van der Waals surface area contributed by atoms with Crippen LogP contribution in [0.25, 0.3) is 16.7 Å². The molecule has 0 aliphatic heterocycles. The number of aromatic nitrogens is 2. The lowest BCUT2D eigenvalue weighted by molar-refractivity contribution is 0.982. The highest BCUT2D eigenvalue weighted by Gasteiger charge is 2.16. The molecule has 1 aromatic heterocycles. The maximum absolute atomic E-state index is 6.33. The Morgan fingerprint density at radius 3 is 2.48 bits per heavy atom. The monoisotopic (exact) mass is 358 g/mol. The first-order chi connectivity index (χ1) is 10.0. The molecule has 0 aliphatic rings. The van der Waals surface area contributed by atoms with Crippen LogP contribution in [0.15, 0.2) is 30.3 Å². The van der Waals surface area contributed by atoms with Crippen molar-refractivity contribution in [1.29, 1.82) is 0 Å². The van der Waals surface area contributed by atoms with E-state index >= 15 is 0 Å². The molecule has 0 atom stereocenters. The van der Waals surface area contributed by atoms with Crippen LogP contribution in [0.3, 0.4) is 0 Å². The van der Waals surface area contributed by atoms with E-state index in [0.717, 1.165) is 22.3 Å². The van der Waals surface area contributed by atoms with Crippen LogP contribution in [-0.2, 0) is 5.88 Å². The van der Waals surface area contributed by atoms with Crippen molar-refractivity contribution in [3.8, 4) is 5.69 Å². The summed E-state index contributed by atoms with van der Waals surface area (Å²) in [6.07, 6.45) is 0. The lowest BCUT2D eigenvalue weighted by Crippen LogP contribution is -2.00. The first kappa shape index (κ1) is 15.0. The quantitative estimate of drug-likeness (QED) is 0.403. The molecule has 0 spiro atoms.